The van der Waals surface area contributed by atoms with Crippen molar-refractivity contribution in [3.63, 3.8) is 0 Å². The first-order chi connectivity index (χ1) is 10.1. The normalized spacial score (nSPS) is 15.3. The fraction of sp³-hybridized carbons (Fsp3) is 0.429. The SMILES string of the molecule is Cc1nc(C(=O)N2CCN(c3ncccn3)CC2)sc1C. The highest BCUT2D eigenvalue weighted by atomic mass is 32.1. The third kappa shape index (κ3) is 2.87. The van der Waals surface area contributed by atoms with E-state index in [0.29, 0.717) is 18.1 Å². The zero-order chi connectivity index (χ0) is 14.8. The lowest BCUT2D eigenvalue weighted by Crippen LogP contribution is -2.49. The molecule has 3 heterocycles. The zero-order valence-corrected chi connectivity index (χ0v) is 12.9. The Hall–Kier alpha value is -2.02. The summed E-state index contributed by atoms with van der Waals surface area (Å²) in [6.45, 7) is 6.78. The van der Waals surface area contributed by atoms with E-state index in [1.165, 1.54) is 11.3 Å². The van der Waals surface area contributed by atoms with E-state index in [0.717, 1.165) is 29.6 Å². The molecule has 0 radical (unpaired) electrons. The molecule has 1 aliphatic rings. The van der Waals surface area contributed by atoms with Crippen LogP contribution in [0.3, 0.4) is 0 Å². The molecule has 3 rings (SSSR count). The van der Waals surface area contributed by atoms with Crippen molar-refractivity contribution in [3.8, 4) is 0 Å². The molecular formula is C14H17N5OS. The van der Waals surface area contributed by atoms with Gasteiger partial charge in [-0.05, 0) is 19.9 Å². The van der Waals surface area contributed by atoms with Gasteiger partial charge in [-0.3, -0.25) is 4.79 Å². The second-order valence-corrected chi connectivity index (χ2v) is 6.19. The summed E-state index contributed by atoms with van der Waals surface area (Å²) in [5, 5.41) is 0.592. The summed E-state index contributed by atoms with van der Waals surface area (Å²) >= 11 is 1.47. The number of rotatable bonds is 2. The number of hydrogen-bond donors (Lipinski definition) is 0. The van der Waals surface area contributed by atoms with Crippen molar-refractivity contribution in [3.05, 3.63) is 34.0 Å². The number of nitrogens with zero attached hydrogens (tertiary/aromatic N) is 5. The molecule has 1 fully saturated rings. The molecule has 2 aromatic heterocycles. The van der Waals surface area contributed by atoms with Crippen LogP contribution in [0.1, 0.15) is 20.4 Å². The second-order valence-electron chi connectivity index (χ2n) is 4.99. The van der Waals surface area contributed by atoms with Crippen molar-refractivity contribution in [2.75, 3.05) is 31.1 Å². The summed E-state index contributed by atoms with van der Waals surface area (Å²) in [7, 11) is 0. The maximum atomic E-state index is 12.4. The first kappa shape index (κ1) is 13.9. The summed E-state index contributed by atoms with van der Waals surface area (Å²) in [6, 6.07) is 1.80. The number of amides is 1. The topological polar surface area (TPSA) is 62.2 Å². The van der Waals surface area contributed by atoms with E-state index in [9.17, 15) is 4.79 Å². The minimum absolute atomic E-state index is 0.0323. The molecule has 0 aliphatic carbocycles. The molecule has 0 saturated carbocycles. The molecule has 2 aromatic rings. The van der Waals surface area contributed by atoms with Crippen LogP contribution < -0.4 is 4.90 Å². The number of aromatic nitrogens is 3. The highest BCUT2D eigenvalue weighted by Gasteiger charge is 2.25. The van der Waals surface area contributed by atoms with E-state index in [1.54, 1.807) is 18.5 Å². The fourth-order valence-corrected chi connectivity index (χ4v) is 3.15. The van der Waals surface area contributed by atoms with Gasteiger partial charge in [-0.25, -0.2) is 15.0 Å². The van der Waals surface area contributed by atoms with Gasteiger partial charge >= 0.3 is 0 Å². The lowest BCUT2D eigenvalue weighted by atomic mass is 10.3. The van der Waals surface area contributed by atoms with Gasteiger partial charge in [0.05, 0.1) is 5.69 Å². The highest BCUT2D eigenvalue weighted by molar-refractivity contribution is 7.13. The Morgan fingerprint density at radius 3 is 2.38 bits per heavy atom. The molecule has 0 atom stereocenters. The van der Waals surface area contributed by atoms with Gasteiger partial charge in [0.2, 0.25) is 5.95 Å². The van der Waals surface area contributed by atoms with Crippen LogP contribution in [-0.2, 0) is 0 Å². The molecule has 0 N–H and O–H groups in total. The molecule has 6 nitrogen and oxygen atoms in total. The smallest absolute Gasteiger partial charge is 0.282 e. The molecule has 110 valence electrons. The van der Waals surface area contributed by atoms with Gasteiger partial charge in [0.1, 0.15) is 0 Å². The van der Waals surface area contributed by atoms with Crippen molar-refractivity contribution in [1.82, 2.24) is 19.9 Å². The Balaban J connectivity index is 1.64. The molecule has 0 bridgehead atoms. The standard InChI is InChI=1S/C14H17N5OS/c1-10-11(2)21-12(17-10)13(20)18-6-8-19(9-7-18)14-15-4-3-5-16-14/h3-5H,6-9H2,1-2H3. The lowest BCUT2D eigenvalue weighted by molar-refractivity contribution is 0.0745. The van der Waals surface area contributed by atoms with Crippen LogP contribution in [-0.4, -0.2) is 51.9 Å². The first-order valence-corrected chi connectivity index (χ1v) is 7.72. The predicted molar refractivity (Wildman–Crippen MR) is 81.7 cm³/mol. The average Bonchev–Trinajstić information content (AvgIpc) is 2.87. The van der Waals surface area contributed by atoms with Crippen LogP contribution in [0, 0.1) is 13.8 Å². The van der Waals surface area contributed by atoms with Gasteiger partial charge in [-0.2, -0.15) is 0 Å². The van der Waals surface area contributed by atoms with Crippen LogP contribution in [0.15, 0.2) is 18.5 Å². The number of aryl methyl sites for hydroxylation is 2. The van der Waals surface area contributed by atoms with Gasteiger partial charge in [0, 0.05) is 43.4 Å². The van der Waals surface area contributed by atoms with Crippen molar-refractivity contribution >= 4 is 23.2 Å². The first-order valence-electron chi connectivity index (χ1n) is 6.90. The van der Waals surface area contributed by atoms with Crippen LogP contribution in [0.2, 0.25) is 0 Å². The molecule has 1 aliphatic heterocycles. The van der Waals surface area contributed by atoms with E-state index in [1.807, 2.05) is 18.7 Å². The maximum absolute atomic E-state index is 12.4. The minimum atomic E-state index is 0.0323. The Morgan fingerprint density at radius 1 is 1.14 bits per heavy atom. The monoisotopic (exact) mass is 303 g/mol. The number of carbonyl (C=O) groups excluding carboxylic acids is 1. The van der Waals surface area contributed by atoms with Crippen LogP contribution >= 0.6 is 11.3 Å². The summed E-state index contributed by atoms with van der Waals surface area (Å²) in [6.07, 6.45) is 3.47. The van der Waals surface area contributed by atoms with Crippen molar-refractivity contribution in [2.24, 2.45) is 0 Å². The predicted octanol–water partition coefficient (Wildman–Crippen LogP) is 1.51. The van der Waals surface area contributed by atoms with Crippen LogP contribution in [0.25, 0.3) is 0 Å². The van der Waals surface area contributed by atoms with Gasteiger partial charge in [0.15, 0.2) is 5.01 Å². The number of carbonyl (C=O) groups is 1. The molecule has 1 amide bonds. The third-order valence-corrected chi connectivity index (χ3v) is 4.67. The number of thiazole rings is 1. The van der Waals surface area contributed by atoms with E-state index in [4.69, 9.17) is 0 Å². The zero-order valence-electron chi connectivity index (χ0n) is 12.1. The Labute approximate surface area is 127 Å². The van der Waals surface area contributed by atoms with Gasteiger partial charge in [-0.15, -0.1) is 11.3 Å². The van der Waals surface area contributed by atoms with Gasteiger partial charge in [0.25, 0.3) is 5.91 Å². The van der Waals surface area contributed by atoms with Gasteiger partial charge < -0.3 is 9.80 Å². The highest BCUT2D eigenvalue weighted by Crippen LogP contribution is 2.19. The summed E-state index contributed by atoms with van der Waals surface area (Å²) in [5.74, 6) is 0.760. The molecule has 0 aromatic carbocycles. The Kier molecular flexibility index (Phi) is 3.83. The van der Waals surface area contributed by atoms with E-state index in [2.05, 4.69) is 19.9 Å². The number of piperazine rings is 1. The molecule has 21 heavy (non-hydrogen) atoms. The lowest BCUT2D eigenvalue weighted by Gasteiger charge is -2.34. The van der Waals surface area contributed by atoms with Crippen molar-refractivity contribution in [1.29, 1.82) is 0 Å². The van der Waals surface area contributed by atoms with E-state index >= 15 is 0 Å². The molecule has 0 spiro atoms. The second kappa shape index (κ2) is 5.77. The molecule has 1 saturated heterocycles. The average molecular weight is 303 g/mol. The van der Waals surface area contributed by atoms with E-state index in [-0.39, 0.29) is 5.91 Å². The third-order valence-electron chi connectivity index (χ3n) is 3.61. The minimum Gasteiger partial charge on any atom is -0.337 e. The Morgan fingerprint density at radius 2 is 1.81 bits per heavy atom. The summed E-state index contributed by atoms with van der Waals surface area (Å²) in [5.41, 5.74) is 0.944. The van der Waals surface area contributed by atoms with E-state index < -0.39 is 0 Å². The van der Waals surface area contributed by atoms with Crippen LogP contribution in [0.5, 0.6) is 0 Å². The molecule has 0 unspecified atom stereocenters. The number of hydrogen-bond acceptors (Lipinski definition) is 6. The largest absolute Gasteiger partial charge is 0.337 e. The van der Waals surface area contributed by atoms with Crippen molar-refractivity contribution < 1.29 is 4.79 Å². The molecule has 7 heteroatoms. The maximum Gasteiger partial charge on any atom is 0.282 e. The quantitative estimate of drug-likeness (QED) is 0.841. The van der Waals surface area contributed by atoms with Crippen molar-refractivity contribution in [2.45, 2.75) is 13.8 Å². The summed E-state index contributed by atoms with van der Waals surface area (Å²) in [4.78, 5) is 30.3. The fourth-order valence-electron chi connectivity index (χ4n) is 2.26. The van der Waals surface area contributed by atoms with Crippen LogP contribution in [0.4, 0.5) is 5.95 Å². The summed E-state index contributed by atoms with van der Waals surface area (Å²) < 4.78 is 0. The number of anilines is 1. The van der Waals surface area contributed by atoms with Gasteiger partial charge in [-0.1, -0.05) is 0 Å². The Bertz CT molecular complexity index is 615. The molecular weight excluding hydrogens is 286 g/mol.